The molecule has 1 fully saturated rings. The van der Waals surface area contributed by atoms with Crippen molar-refractivity contribution >= 4 is 35.1 Å². The van der Waals surface area contributed by atoms with Crippen molar-refractivity contribution < 1.29 is 18.8 Å². The summed E-state index contributed by atoms with van der Waals surface area (Å²) < 4.78 is 15.7. The highest BCUT2D eigenvalue weighted by Crippen LogP contribution is 2.32. The van der Waals surface area contributed by atoms with Crippen molar-refractivity contribution in [2.75, 3.05) is 25.0 Å². The number of carbonyl (C=O) groups is 3. The lowest BCUT2D eigenvalue weighted by molar-refractivity contribution is -0.121. The summed E-state index contributed by atoms with van der Waals surface area (Å²) >= 11 is 5.84. The number of nitrogens with one attached hydrogen (secondary N) is 1. The van der Waals surface area contributed by atoms with Gasteiger partial charge in [0.1, 0.15) is 18.2 Å². The Labute approximate surface area is 187 Å². The molecule has 10 heteroatoms. The van der Waals surface area contributed by atoms with Gasteiger partial charge >= 0.3 is 6.03 Å². The van der Waals surface area contributed by atoms with E-state index in [0.717, 1.165) is 0 Å². The number of imidazole rings is 1. The van der Waals surface area contributed by atoms with Gasteiger partial charge in [0.05, 0.1) is 17.8 Å². The number of rotatable bonds is 1. The van der Waals surface area contributed by atoms with Crippen LogP contribution in [-0.4, -0.2) is 62.9 Å². The minimum absolute atomic E-state index is 0.0568. The molecule has 1 saturated heterocycles. The second kappa shape index (κ2) is 7.76. The number of nitrogens with zero attached hydrogens (tertiary/aromatic N) is 4. The lowest BCUT2D eigenvalue weighted by Crippen LogP contribution is -2.60. The Morgan fingerprint density at radius 3 is 2.72 bits per heavy atom. The van der Waals surface area contributed by atoms with Crippen molar-refractivity contribution in [3.63, 3.8) is 0 Å². The lowest BCUT2D eigenvalue weighted by Gasteiger charge is -2.39. The molecule has 0 spiro atoms. The van der Waals surface area contributed by atoms with Crippen molar-refractivity contribution in [1.82, 2.24) is 19.4 Å². The maximum absolute atomic E-state index is 14.4. The molecule has 0 aliphatic carbocycles. The van der Waals surface area contributed by atoms with Gasteiger partial charge < -0.3 is 15.1 Å². The first-order valence-corrected chi connectivity index (χ1v) is 10.3. The van der Waals surface area contributed by atoms with Crippen LogP contribution in [0.1, 0.15) is 10.4 Å². The van der Waals surface area contributed by atoms with Crippen LogP contribution < -0.4 is 5.32 Å². The molecule has 1 N–H and O–H groups in total. The van der Waals surface area contributed by atoms with Crippen molar-refractivity contribution in [3.05, 3.63) is 71.5 Å². The van der Waals surface area contributed by atoms with Gasteiger partial charge in [-0.1, -0.05) is 17.7 Å². The molecule has 2 aromatic carbocycles. The monoisotopic (exact) mass is 453 g/mol. The van der Waals surface area contributed by atoms with Crippen LogP contribution in [0.5, 0.6) is 0 Å². The van der Waals surface area contributed by atoms with Crippen LogP contribution in [0.25, 0.3) is 11.1 Å². The molecule has 2 aliphatic heterocycles. The quantitative estimate of drug-likeness (QED) is 0.613. The van der Waals surface area contributed by atoms with Gasteiger partial charge in [-0.2, -0.15) is 0 Å². The lowest BCUT2D eigenvalue weighted by atomic mass is 10.0. The number of piperazine rings is 1. The molecule has 0 saturated carbocycles. The molecule has 5 rings (SSSR count). The second-order valence-electron chi connectivity index (χ2n) is 7.59. The summed E-state index contributed by atoms with van der Waals surface area (Å²) in [5.41, 5.74) is 1.41. The molecule has 0 bridgehead atoms. The fourth-order valence-electron chi connectivity index (χ4n) is 4.05. The minimum Gasteiger partial charge on any atom is -0.323 e. The number of carbonyl (C=O) groups excluding carboxylic acids is 3. The number of amides is 3. The Morgan fingerprint density at radius 1 is 1.12 bits per heavy atom. The molecular weight excluding hydrogens is 437 g/mol. The Morgan fingerprint density at radius 2 is 1.97 bits per heavy atom. The van der Waals surface area contributed by atoms with Crippen LogP contribution in [0.4, 0.5) is 14.9 Å². The maximum atomic E-state index is 14.4. The minimum atomic E-state index is -0.841. The van der Waals surface area contributed by atoms with Crippen molar-refractivity contribution in [2.45, 2.75) is 6.04 Å². The molecular formula is C22H17ClFN5O3. The van der Waals surface area contributed by atoms with E-state index >= 15 is 0 Å². The predicted octanol–water partition coefficient (Wildman–Crippen LogP) is 3.09. The summed E-state index contributed by atoms with van der Waals surface area (Å²) in [6.45, 7) is 0.519. The van der Waals surface area contributed by atoms with Crippen LogP contribution in [0, 0.1) is 5.82 Å². The number of hydrogen-bond acceptors (Lipinski definition) is 4. The van der Waals surface area contributed by atoms with E-state index in [1.807, 2.05) is 0 Å². The third-order valence-electron chi connectivity index (χ3n) is 5.69. The predicted molar refractivity (Wildman–Crippen MR) is 115 cm³/mol. The van der Waals surface area contributed by atoms with Gasteiger partial charge in [-0.3, -0.25) is 14.2 Å². The highest BCUT2D eigenvalue weighted by Gasteiger charge is 2.40. The van der Waals surface area contributed by atoms with E-state index in [-0.39, 0.29) is 48.1 Å². The molecule has 2 aliphatic rings. The van der Waals surface area contributed by atoms with Crippen LogP contribution >= 0.6 is 11.6 Å². The standard InChI is InChI=1S/C22H17ClFN5O3/c23-14-2-3-15(17(24)10-14)13-1-4-18-16(9-13)21(31)29-8-7-27(11-19(29)20(30)26-18)22(32)28-6-5-25-12-28/h1-6,9-10,12,19H,7-8,11H2,(H,26,30)/t19-/m1/s1. The summed E-state index contributed by atoms with van der Waals surface area (Å²) in [6.07, 6.45) is 4.41. The Kier molecular flexibility index (Phi) is 4.90. The normalized spacial score (nSPS) is 18.0. The van der Waals surface area contributed by atoms with Gasteiger partial charge in [0.15, 0.2) is 0 Å². The molecule has 3 aromatic rings. The molecule has 1 atom stereocenters. The van der Waals surface area contributed by atoms with E-state index in [2.05, 4.69) is 10.3 Å². The molecule has 0 radical (unpaired) electrons. The van der Waals surface area contributed by atoms with Crippen molar-refractivity contribution in [3.8, 4) is 11.1 Å². The zero-order valence-electron chi connectivity index (χ0n) is 16.7. The summed E-state index contributed by atoms with van der Waals surface area (Å²) in [4.78, 5) is 45.8. The van der Waals surface area contributed by atoms with Crippen molar-refractivity contribution in [2.24, 2.45) is 0 Å². The first-order chi connectivity index (χ1) is 15.4. The first-order valence-electron chi connectivity index (χ1n) is 9.91. The van der Waals surface area contributed by atoms with E-state index in [4.69, 9.17) is 11.6 Å². The fraction of sp³-hybridized carbons (Fsp3) is 0.182. The molecule has 1 aromatic heterocycles. The topological polar surface area (TPSA) is 87.5 Å². The second-order valence-corrected chi connectivity index (χ2v) is 8.02. The van der Waals surface area contributed by atoms with Crippen LogP contribution in [0.3, 0.4) is 0 Å². The zero-order chi connectivity index (χ0) is 22.4. The first kappa shape index (κ1) is 20.2. The van der Waals surface area contributed by atoms with Gasteiger partial charge in [0.2, 0.25) is 5.91 Å². The average Bonchev–Trinajstić information content (AvgIpc) is 3.30. The molecule has 3 amide bonds. The van der Waals surface area contributed by atoms with Crippen molar-refractivity contribution in [1.29, 1.82) is 0 Å². The largest absolute Gasteiger partial charge is 0.329 e. The Balaban J connectivity index is 1.46. The molecule has 8 nitrogen and oxygen atoms in total. The van der Waals surface area contributed by atoms with Gasteiger partial charge in [-0.15, -0.1) is 0 Å². The average molecular weight is 454 g/mol. The smallest absolute Gasteiger partial charge is 0.323 e. The van der Waals surface area contributed by atoms with Gasteiger partial charge in [0, 0.05) is 36.1 Å². The maximum Gasteiger partial charge on any atom is 0.329 e. The zero-order valence-corrected chi connectivity index (χ0v) is 17.4. The number of hydrogen-bond donors (Lipinski definition) is 1. The summed E-state index contributed by atoms with van der Waals surface area (Å²) in [5.74, 6) is -1.24. The molecule has 0 unspecified atom stereocenters. The van der Waals surface area contributed by atoms with E-state index in [1.54, 1.807) is 30.3 Å². The van der Waals surface area contributed by atoms with Crippen LogP contribution in [-0.2, 0) is 4.79 Å². The van der Waals surface area contributed by atoms with E-state index < -0.39 is 11.9 Å². The van der Waals surface area contributed by atoms with E-state index in [9.17, 15) is 18.8 Å². The summed E-state index contributed by atoms with van der Waals surface area (Å²) in [5, 5.41) is 3.05. The Hall–Kier alpha value is -3.72. The molecule has 3 heterocycles. The number of anilines is 1. The van der Waals surface area contributed by atoms with E-state index in [0.29, 0.717) is 16.8 Å². The summed E-state index contributed by atoms with van der Waals surface area (Å²) in [6, 6.07) is 7.95. The van der Waals surface area contributed by atoms with E-state index in [1.165, 1.54) is 39.2 Å². The fourth-order valence-corrected chi connectivity index (χ4v) is 4.21. The number of halogens is 2. The van der Waals surface area contributed by atoms with Crippen LogP contribution in [0.15, 0.2) is 55.1 Å². The number of fused-ring (bicyclic) bond motifs is 2. The third kappa shape index (κ3) is 3.40. The SMILES string of the molecule is O=C1Nc2ccc(-c3ccc(Cl)cc3F)cc2C(=O)N2CCN(C(=O)n3ccnc3)C[C@H]12. The third-order valence-corrected chi connectivity index (χ3v) is 5.92. The van der Waals surface area contributed by atoms with Gasteiger partial charge in [-0.25, -0.2) is 14.2 Å². The van der Waals surface area contributed by atoms with Gasteiger partial charge in [0.25, 0.3) is 5.91 Å². The number of benzene rings is 2. The molecule has 162 valence electrons. The van der Waals surface area contributed by atoms with Crippen LogP contribution in [0.2, 0.25) is 5.02 Å². The highest BCUT2D eigenvalue weighted by molar-refractivity contribution is 6.30. The molecule has 32 heavy (non-hydrogen) atoms. The van der Waals surface area contributed by atoms with Gasteiger partial charge in [-0.05, 0) is 35.9 Å². The Bertz CT molecular complexity index is 1250. The number of aromatic nitrogens is 2. The highest BCUT2D eigenvalue weighted by atomic mass is 35.5. The summed E-state index contributed by atoms with van der Waals surface area (Å²) in [7, 11) is 0.